The highest BCUT2D eigenvalue weighted by Gasteiger charge is 2.15. The summed E-state index contributed by atoms with van der Waals surface area (Å²) in [5, 5.41) is 20.0. The highest BCUT2D eigenvalue weighted by atomic mass is 16.3. The fourth-order valence-corrected chi connectivity index (χ4v) is 1.97. The van der Waals surface area contributed by atoms with Crippen LogP contribution in [0.3, 0.4) is 0 Å². The molecule has 4 N–H and O–H groups in total. The highest BCUT2D eigenvalue weighted by Crippen LogP contribution is 2.14. The first-order chi connectivity index (χ1) is 6.33. The summed E-state index contributed by atoms with van der Waals surface area (Å²) >= 11 is 0. The number of quaternary nitrogens is 1. The van der Waals surface area contributed by atoms with Gasteiger partial charge in [-0.05, 0) is 25.7 Å². The zero-order valence-corrected chi connectivity index (χ0v) is 8.28. The lowest BCUT2D eigenvalue weighted by Gasteiger charge is -2.14. The SMILES string of the molecule is OC[C@H](O)C[NH2+]C1CCCCCC1. The lowest BCUT2D eigenvalue weighted by Crippen LogP contribution is -2.91. The smallest absolute Gasteiger partial charge is 0.126 e. The van der Waals surface area contributed by atoms with Gasteiger partial charge in [0.05, 0.1) is 12.6 Å². The minimum Gasteiger partial charge on any atom is -0.393 e. The molecule has 78 valence electrons. The molecule has 1 fully saturated rings. The van der Waals surface area contributed by atoms with Crippen LogP contribution in [0.5, 0.6) is 0 Å². The molecule has 1 aliphatic carbocycles. The van der Waals surface area contributed by atoms with E-state index in [-0.39, 0.29) is 6.61 Å². The first-order valence-electron chi connectivity index (χ1n) is 5.45. The first kappa shape index (κ1) is 11.0. The van der Waals surface area contributed by atoms with Crippen molar-refractivity contribution in [2.45, 2.75) is 50.7 Å². The number of nitrogens with two attached hydrogens (primary N) is 1. The Balaban J connectivity index is 2.11. The second-order valence-electron chi connectivity index (χ2n) is 4.06. The molecule has 0 heterocycles. The average Bonchev–Trinajstić information content (AvgIpc) is 2.42. The molecule has 1 saturated carbocycles. The van der Waals surface area contributed by atoms with Gasteiger partial charge in [0.2, 0.25) is 0 Å². The Hall–Kier alpha value is -0.120. The van der Waals surface area contributed by atoms with Gasteiger partial charge in [-0.2, -0.15) is 0 Å². The number of aliphatic hydroxyl groups excluding tert-OH is 2. The van der Waals surface area contributed by atoms with Gasteiger partial charge < -0.3 is 15.5 Å². The molecule has 0 aliphatic heterocycles. The Morgan fingerprint density at radius 2 is 1.77 bits per heavy atom. The molecule has 0 spiro atoms. The molecule has 0 aromatic heterocycles. The molecule has 0 amide bonds. The molecule has 1 aliphatic rings. The molecular weight excluding hydrogens is 166 g/mol. The van der Waals surface area contributed by atoms with Crippen molar-refractivity contribution in [1.29, 1.82) is 0 Å². The first-order valence-corrected chi connectivity index (χ1v) is 5.45. The normalized spacial score (nSPS) is 22.6. The number of hydrogen-bond donors (Lipinski definition) is 3. The molecule has 1 atom stereocenters. The van der Waals surface area contributed by atoms with Crippen LogP contribution in [0.4, 0.5) is 0 Å². The van der Waals surface area contributed by atoms with Crippen molar-refractivity contribution in [3.8, 4) is 0 Å². The van der Waals surface area contributed by atoms with Gasteiger partial charge in [0.25, 0.3) is 0 Å². The predicted molar refractivity (Wildman–Crippen MR) is 51.4 cm³/mol. The number of hydrogen-bond acceptors (Lipinski definition) is 2. The van der Waals surface area contributed by atoms with Crippen LogP contribution in [0.1, 0.15) is 38.5 Å². The maximum atomic E-state index is 9.18. The second kappa shape index (κ2) is 6.35. The van der Waals surface area contributed by atoms with Crippen molar-refractivity contribution in [2.75, 3.05) is 13.2 Å². The summed E-state index contributed by atoms with van der Waals surface area (Å²) < 4.78 is 0. The van der Waals surface area contributed by atoms with Crippen LogP contribution in [0, 0.1) is 0 Å². The van der Waals surface area contributed by atoms with E-state index >= 15 is 0 Å². The molecule has 0 bridgehead atoms. The van der Waals surface area contributed by atoms with E-state index in [0.717, 1.165) is 0 Å². The standard InChI is InChI=1S/C10H21NO2/c12-8-10(13)7-11-9-5-3-1-2-4-6-9/h9-13H,1-8H2/p+1/t10-/m1/s1. The second-order valence-corrected chi connectivity index (χ2v) is 4.06. The van der Waals surface area contributed by atoms with Gasteiger partial charge >= 0.3 is 0 Å². The minimum atomic E-state index is -0.539. The summed E-state index contributed by atoms with van der Waals surface area (Å²) in [5.74, 6) is 0. The van der Waals surface area contributed by atoms with Gasteiger partial charge in [-0.3, -0.25) is 0 Å². The highest BCUT2D eigenvalue weighted by molar-refractivity contribution is 4.61. The van der Waals surface area contributed by atoms with Gasteiger partial charge in [-0.25, -0.2) is 0 Å². The molecule has 0 aromatic rings. The fraction of sp³-hybridized carbons (Fsp3) is 1.00. The summed E-state index contributed by atoms with van der Waals surface area (Å²) in [6, 6.07) is 0.684. The van der Waals surface area contributed by atoms with E-state index in [1.54, 1.807) is 0 Å². The van der Waals surface area contributed by atoms with E-state index in [1.165, 1.54) is 38.5 Å². The van der Waals surface area contributed by atoms with Crippen molar-refractivity contribution in [2.24, 2.45) is 0 Å². The zero-order valence-electron chi connectivity index (χ0n) is 8.28. The molecule has 0 aromatic carbocycles. The van der Waals surface area contributed by atoms with E-state index in [0.29, 0.717) is 12.6 Å². The van der Waals surface area contributed by atoms with Crippen LogP contribution in [0.25, 0.3) is 0 Å². The third-order valence-electron chi connectivity index (χ3n) is 2.85. The average molecular weight is 188 g/mol. The lowest BCUT2D eigenvalue weighted by atomic mass is 10.1. The van der Waals surface area contributed by atoms with Crippen LogP contribution >= 0.6 is 0 Å². The van der Waals surface area contributed by atoms with Crippen molar-refractivity contribution in [3.05, 3.63) is 0 Å². The molecular formula is C10H22NO2+. The Kier molecular flexibility index (Phi) is 5.35. The van der Waals surface area contributed by atoms with E-state index < -0.39 is 6.10 Å². The Labute approximate surface area is 80.2 Å². The fourth-order valence-electron chi connectivity index (χ4n) is 1.97. The van der Waals surface area contributed by atoms with E-state index in [1.807, 2.05) is 0 Å². The van der Waals surface area contributed by atoms with E-state index in [2.05, 4.69) is 5.32 Å². The van der Waals surface area contributed by atoms with Crippen molar-refractivity contribution >= 4 is 0 Å². The van der Waals surface area contributed by atoms with E-state index in [9.17, 15) is 5.11 Å². The Morgan fingerprint density at radius 1 is 1.15 bits per heavy atom. The van der Waals surface area contributed by atoms with Crippen LogP contribution in [0.15, 0.2) is 0 Å². The number of rotatable bonds is 4. The monoisotopic (exact) mass is 188 g/mol. The Morgan fingerprint density at radius 3 is 2.31 bits per heavy atom. The molecule has 3 nitrogen and oxygen atoms in total. The quantitative estimate of drug-likeness (QED) is 0.527. The summed E-state index contributed by atoms with van der Waals surface area (Å²) in [4.78, 5) is 0. The van der Waals surface area contributed by atoms with Crippen molar-refractivity contribution < 1.29 is 15.5 Å². The van der Waals surface area contributed by atoms with Crippen LogP contribution in [-0.2, 0) is 0 Å². The predicted octanol–water partition coefficient (Wildman–Crippen LogP) is -0.374. The van der Waals surface area contributed by atoms with Gasteiger partial charge in [0.1, 0.15) is 12.6 Å². The van der Waals surface area contributed by atoms with Gasteiger partial charge in [0.15, 0.2) is 0 Å². The van der Waals surface area contributed by atoms with Crippen LogP contribution < -0.4 is 5.32 Å². The summed E-state index contributed by atoms with van der Waals surface area (Å²) in [6.45, 7) is 0.546. The van der Waals surface area contributed by atoms with Crippen LogP contribution in [0.2, 0.25) is 0 Å². The molecule has 0 saturated heterocycles. The zero-order chi connectivity index (χ0) is 9.52. The molecule has 0 radical (unpaired) electrons. The van der Waals surface area contributed by atoms with Crippen LogP contribution in [-0.4, -0.2) is 35.5 Å². The van der Waals surface area contributed by atoms with Gasteiger partial charge in [-0.15, -0.1) is 0 Å². The van der Waals surface area contributed by atoms with Crippen molar-refractivity contribution in [1.82, 2.24) is 0 Å². The summed E-state index contributed by atoms with van der Waals surface area (Å²) in [6.07, 6.45) is 7.41. The summed E-state index contributed by atoms with van der Waals surface area (Å²) in [7, 11) is 0. The van der Waals surface area contributed by atoms with E-state index in [4.69, 9.17) is 5.11 Å². The topological polar surface area (TPSA) is 57.1 Å². The third-order valence-corrected chi connectivity index (χ3v) is 2.85. The number of aliphatic hydroxyl groups is 2. The third kappa shape index (κ3) is 4.60. The lowest BCUT2D eigenvalue weighted by molar-refractivity contribution is -0.696. The molecule has 0 unspecified atom stereocenters. The largest absolute Gasteiger partial charge is 0.393 e. The van der Waals surface area contributed by atoms with Crippen molar-refractivity contribution in [3.63, 3.8) is 0 Å². The minimum absolute atomic E-state index is 0.108. The molecule has 1 rings (SSSR count). The Bertz CT molecular complexity index is 122. The molecule has 3 heteroatoms. The maximum Gasteiger partial charge on any atom is 0.126 e. The summed E-state index contributed by atoms with van der Waals surface area (Å²) in [5.41, 5.74) is 0. The maximum absolute atomic E-state index is 9.18. The molecule has 13 heavy (non-hydrogen) atoms. The van der Waals surface area contributed by atoms with Gasteiger partial charge in [-0.1, -0.05) is 12.8 Å². The van der Waals surface area contributed by atoms with Gasteiger partial charge in [0, 0.05) is 0 Å².